The number of alkyl halides is 3. The number of hydrogen-bond acceptors (Lipinski definition) is 9. The SMILES string of the molecule is CNC1(CCN(C)C)C=C(OCC(F)(F)F)C(Nc2nccc(-c3cc(F)c4nc(C)n(C(C)C)c4c3)n2)=CC1[N+](=O)[O-]. The van der Waals surface area contributed by atoms with Crippen molar-refractivity contribution in [1.82, 2.24) is 29.7 Å². The number of imidazole rings is 1. The van der Waals surface area contributed by atoms with E-state index in [0.29, 0.717) is 29.1 Å². The fourth-order valence-corrected chi connectivity index (χ4v) is 5.16. The number of benzene rings is 1. The van der Waals surface area contributed by atoms with E-state index in [0.717, 1.165) is 0 Å². The number of ether oxygens (including phenoxy) is 1. The van der Waals surface area contributed by atoms with Gasteiger partial charge in [0.2, 0.25) is 5.95 Å². The van der Waals surface area contributed by atoms with Crippen LogP contribution < -0.4 is 10.6 Å². The summed E-state index contributed by atoms with van der Waals surface area (Å²) in [6.07, 6.45) is -0.555. The highest BCUT2D eigenvalue weighted by Gasteiger charge is 2.47. The van der Waals surface area contributed by atoms with Crippen LogP contribution in [0.25, 0.3) is 22.3 Å². The Morgan fingerprint density at radius 1 is 1.26 bits per heavy atom. The standard InChI is InChI=1S/C28H34F4N8O3/c1-16(2)39-17(3)35-25-19(29)11-18(12-22(25)39)20-7-9-34-26(36-20)37-21-13-24(40(41)42)27(33-4,8-10-38(5)6)14-23(21)43-15-28(30,31)32/h7,9,11-14,16,24,33H,8,10,15H2,1-6H3,(H,34,36,37). The van der Waals surface area contributed by atoms with Crippen LogP contribution in [0, 0.1) is 22.9 Å². The fourth-order valence-electron chi connectivity index (χ4n) is 5.16. The quantitative estimate of drug-likeness (QED) is 0.179. The van der Waals surface area contributed by atoms with E-state index in [9.17, 15) is 23.3 Å². The van der Waals surface area contributed by atoms with Gasteiger partial charge in [0, 0.05) is 28.8 Å². The molecular weight excluding hydrogens is 572 g/mol. The number of nitro groups is 1. The van der Waals surface area contributed by atoms with E-state index in [2.05, 4.69) is 25.6 Å². The Morgan fingerprint density at radius 2 is 1.98 bits per heavy atom. The Hall–Kier alpha value is -4.11. The molecule has 0 aliphatic heterocycles. The zero-order valence-electron chi connectivity index (χ0n) is 24.7. The molecule has 15 heteroatoms. The van der Waals surface area contributed by atoms with Gasteiger partial charge in [0.15, 0.2) is 12.4 Å². The van der Waals surface area contributed by atoms with Crippen LogP contribution in [0.15, 0.2) is 48.0 Å². The molecule has 2 unspecified atom stereocenters. The Balaban J connectivity index is 1.74. The number of aromatic nitrogens is 4. The minimum atomic E-state index is -4.65. The molecular formula is C28H34F4N8O3. The van der Waals surface area contributed by atoms with Crippen molar-refractivity contribution >= 4 is 17.0 Å². The molecule has 2 aromatic heterocycles. The fraction of sp³-hybridized carbons (Fsp3) is 0.464. The Morgan fingerprint density at radius 3 is 2.58 bits per heavy atom. The maximum atomic E-state index is 15.1. The summed E-state index contributed by atoms with van der Waals surface area (Å²) >= 11 is 0. The first kappa shape index (κ1) is 31.8. The lowest BCUT2D eigenvalue weighted by atomic mass is 9.81. The van der Waals surface area contributed by atoms with Gasteiger partial charge in [0.1, 0.15) is 22.6 Å². The number of aryl methyl sites for hydroxylation is 1. The first-order valence-corrected chi connectivity index (χ1v) is 13.5. The van der Waals surface area contributed by atoms with Crippen molar-refractivity contribution in [3.63, 3.8) is 0 Å². The van der Waals surface area contributed by atoms with Gasteiger partial charge in [0.25, 0.3) is 6.04 Å². The van der Waals surface area contributed by atoms with Crippen LogP contribution >= 0.6 is 0 Å². The molecule has 4 rings (SSSR count). The molecule has 0 saturated carbocycles. The van der Waals surface area contributed by atoms with E-state index < -0.39 is 35.1 Å². The van der Waals surface area contributed by atoms with Crippen LogP contribution in [0.3, 0.4) is 0 Å². The summed E-state index contributed by atoms with van der Waals surface area (Å²) in [7, 11) is 5.07. The van der Waals surface area contributed by atoms with Gasteiger partial charge in [-0.25, -0.2) is 19.3 Å². The molecule has 3 aromatic rings. The van der Waals surface area contributed by atoms with Crippen molar-refractivity contribution in [3.05, 3.63) is 69.8 Å². The Labute approximate surface area is 245 Å². The smallest absolute Gasteiger partial charge is 0.422 e. The molecule has 1 aliphatic carbocycles. The van der Waals surface area contributed by atoms with E-state index in [4.69, 9.17) is 4.74 Å². The lowest BCUT2D eigenvalue weighted by molar-refractivity contribution is -0.519. The number of anilines is 1. The lowest BCUT2D eigenvalue weighted by Crippen LogP contribution is -2.57. The highest BCUT2D eigenvalue weighted by Crippen LogP contribution is 2.34. The number of likely N-dealkylation sites (N-methyl/N-ethyl adjacent to an activating group) is 1. The van der Waals surface area contributed by atoms with Gasteiger partial charge >= 0.3 is 6.18 Å². The summed E-state index contributed by atoms with van der Waals surface area (Å²) in [6.45, 7) is 4.49. The van der Waals surface area contributed by atoms with Gasteiger partial charge in [-0.1, -0.05) is 0 Å². The molecule has 2 heterocycles. The molecule has 0 spiro atoms. The molecule has 0 fully saturated rings. The molecule has 0 radical (unpaired) electrons. The minimum absolute atomic E-state index is 0.0134. The summed E-state index contributed by atoms with van der Waals surface area (Å²) < 4.78 is 61.7. The van der Waals surface area contributed by atoms with Crippen LogP contribution in [0.2, 0.25) is 0 Å². The lowest BCUT2D eigenvalue weighted by Gasteiger charge is -2.36. The van der Waals surface area contributed by atoms with E-state index in [-0.39, 0.29) is 35.4 Å². The van der Waals surface area contributed by atoms with Gasteiger partial charge in [-0.15, -0.1) is 0 Å². The zero-order chi connectivity index (χ0) is 31.7. The van der Waals surface area contributed by atoms with Gasteiger partial charge < -0.3 is 24.8 Å². The third-order valence-corrected chi connectivity index (χ3v) is 7.20. The highest BCUT2D eigenvalue weighted by atomic mass is 19.4. The van der Waals surface area contributed by atoms with Crippen LogP contribution in [0.5, 0.6) is 0 Å². The Kier molecular flexibility index (Phi) is 9.06. The summed E-state index contributed by atoms with van der Waals surface area (Å²) in [5.74, 6) is -0.219. The monoisotopic (exact) mass is 606 g/mol. The van der Waals surface area contributed by atoms with Crippen molar-refractivity contribution in [2.45, 2.75) is 51.0 Å². The summed E-state index contributed by atoms with van der Waals surface area (Å²) in [5.41, 5.74) is 0.0826. The molecule has 0 bridgehead atoms. The van der Waals surface area contributed by atoms with Crippen molar-refractivity contribution in [2.24, 2.45) is 0 Å². The number of halogens is 4. The first-order valence-electron chi connectivity index (χ1n) is 13.5. The summed E-state index contributed by atoms with van der Waals surface area (Å²) in [5, 5.41) is 17.9. The van der Waals surface area contributed by atoms with E-state index in [1.807, 2.05) is 23.3 Å². The van der Waals surface area contributed by atoms with Crippen LogP contribution in [0.4, 0.5) is 23.5 Å². The second kappa shape index (κ2) is 12.2. The summed E-state index contributed by atoms with van der Waals surface area (Å²) in [4.78, 5) is 26.4. The number of nitrogens with one attached hydrogen (secondary N) is 2. The van der Waals surface area contributed by atoms with Gasteiger partial charge in [-0.2, -0.15) is 13.2 Å². The molecule has 0 amide bonds. The number of hydrogen-bond donors (Lipinski definition) is 2. The first-order chi connectivity index (χ1) is 20.1. The average Bonchev–Trinajstić information content (AvgIpc) is 3.27. The van der Waals surface area contributed by atoms with Crippen LogP contribution in [0.1, 0.15) is 32.1 Å². The second-order valence-corrected chi connectivity index (χ2v) is 10.9. The summed E-state index contributed by atoms with van der Waals surface area (Å²) in [6, 6.07) is 3.24. The molecule has 43 heavy (non-hydrogen) atoms. The number of nitrogens with zero attached hydrogens (tertiary/aromatic N) is 6. The van der Waals surface area contributed by atoms with E-state index in [1.165, 1.54) is 31.5 Å². The third-order valence-electron chi connectivity index (χ3n) is 7.20. The maximum Gasteiger partial charge on any atom is 0.422 e. The molecule has 2 N–H and O–H groups in total. The van der Waals surface area contributed by atoms with Crippen molar-refractivity contribution in [3.8, 4) is 11.3 Å². The predicted molar refractivity (Wildman–Crippen MR) is 153 cm³/mol. The van der Waals surface area contributed by atoms with Crippen molar-refractivity contribution in [2.75, 3.05) is 39.6 Å². The molecule has 0 saturated heterocycles. The number of fused-ring (bicyclic) bond motifs is 1. The largest absolute Gasteiger partial charge is 0.482 e. The average molecular weight is 607 g/mol. The van der Waals surface area contributed by atoms with Gasteiger partial charge in [-0.05, 0) is 79.2 Å². The zero-order valence-corrected chi connectivity index (χ0v) is 24.7. The highest BCUT2D eigenvalue weighted by molar-refractivity contribution is 5.83. The molecule has 232 valence electrons. The second-order valence-electron chi connectivity index (χ2n) is 10.9. The maximum absolute atomic E-state index is 15.1. The minimum Gasteiger partial charge on any atom is -0.482 e. The van der Waals surface area contributed by atoms with E-state index >= 15 is 4.39 Å². The number of rotatable bonds is 11. The van der Waals surface area contributed by atoms with Gasteiger partial charge in [0.05, 0.1) is 16.9 Å². The van der Waals surface area contributed by atoms with Crippen LogP contribution in [-0.2, 0) is 4.74 Å². The van der Waals surface area contributed by atoms with Crippen molar-refractivity contribution < 1.29 is 27.2 Å². The van der Waals surface area contributed by atoms with E-state index in [1.54, 1.807) is 33.2 Å². The molecule has 1 aromatic carbocycles. The normalized spacial score (nSPS) is 19.1. The van der Waals surface area contributed by atoms with Crippen molar-refractivity contribution in [1.29, 1.82) is 0 Å². The topological polar surface area (TPSA) is 123 Å². The predicted octanol–water partition coefficient (Wildman–Crippen LogP) is 4.85. The van der Waals surface area contributed by atoms with Crippen LogP contribution in [-0.4, -0.2) is 81.4 Å². The third kappa shape index (κ3) is 6.94. The molecule has 2 atom stereocenters. The van der Waals surface area contributed by atoms with Gasteiger partial charge in [-0.3, -0.25) is 10.1 Å². The molecule has 1 aliphatic rings. The Bertz CT molecular complexity index is 1570. The molecule has 11 nitrogen and oxygen atoms in total.